The second kappa shape index (κ2) is 10.8. The van der Waals surface area contributed by atoms with Crippen molar-refractivity contribution in [1.82, 2.24) is 4.90 Å². The molecule has 0 radical (unpaired) electrons. The van der Waals surface area contributed by atoms with E-state index in [0.29, 0.717) is 23.0 Å². The molecule has 4 aromatic carbocycles. The standard InChI is InChI=1S/C29H22INO4S/c1-34-26-15-20(11-14-25(26)35-18-19-9-12-23(30)13-10-19)16-27-28(32)31(29(33)36-27)17-22-7-4-6-21-5-2-3-8-24(21)22/h2-16H,17-18H2,1H3/b27-16-. The highest BCUT2D eigenvalue weighted by Crippen LogP contribution is 2.36. The number of thioether (sulfide) groups is 1. The van der Waals surface area contributed by atoms with Gasteiger partial charge in [-0.15, -0.1) is 0 Å². The number of hydrogen-bond acceptors (Lipinski definition) is 5. The average molecular weight is 607 g/mol. The van der Waals surface area contributed by atoms with E-state index < -0.39 is 0 Å². The lowest BCUT2D eigenvalue weighted by Crippen LogP contribution is -2.27. The summed E-state index contributed by atoms with van der Waals surface area (Å²) in [6, 6.07) is 27.5. The topological polar surface area (TPSA) is 55.8 Å². The Hall–Kier alpha value is -3.30. The Morgan fingerprint density at radius 3 is 2.50 bits per heavy atom. The predicted octanol–water partition coefficient (Wildman–Crippen LogP) is 7.27. The smallest absolute Gasteiger partial charge is 0.293 e. The minimum Gasteiger partial charge on any atom is -0.493 e. The molecule has 0 aliphatic carbocycles. The summed E-state index contributed by atoms with van der Waals surface area (Å²) in [7, 11) is 1.58. The maximum atomic E-state index is 13.1. The van der Waals surface area contributed by atoms with Crippen molar-refractivity contribution in [2.45, 2.75) is 13.2 Å². The normalized spacial score (nSPS) is 14.6. The van der Waals surface area contributed by atoms with E-state index in [4.69, 9.17) is 9.47 Å². The summed E-state index contributed by atoms with van der Waals surface area (Å²) >= 11 is 3.22. The van der Waals surface area contributed by atoms with Crippen LogP contribution in [0.25, 0.3) is 16.8 Å². The number of hydrogen-bond donors (Lipinski definition) is 0. The number of carbonyl (C=O) groups excluding carboxylic acids is 2. The third-order valence-electron chi connectivity index (χ3n) is 5.88. The van der Waals surface area contributed by atoms with Gasteiger partial charge in [0.2, 0.25) is 0 Å². The number of fused-ring (bicyclic) bond motifs is 1. The van der Waals surface area contributed by atoms with Gasteiger partial charge in [0.05, 0.1) is 18.6 Å². The van der Waals surface area contributed by atoms with Crippen molar-refractivity contribution in [3.8, 4) is 11.5 Å². The van der Waals surface area contributed by atoms with Crippen LogP contribution in [0.1, 0.15) is 16.7 Å². The molecule has 2 amide bonds. The minimum atomic E-state index is -0.295. The van der Waals surface area contributed by atoms with E-state index >= 15 is 0 Å². The van der Waals surface area contributed by atoms with Crippen molar-refractivity contribution >= 4 is 62.3 Å². The third kappa shape index (κ3) is 5.27. The molecule has 5 nitrogen and oxygen atoms in total. The number of ether oxygens (including phenoxy) is 2. The Morgan fingerprint density at radius 2 is 1.69 bits per heavy atom. The summed E-state index contributed by atoms with van der Waals surface area (Å²) in [5.74, 6) is 0.873. The molecular weight excluding hydrogens is 585 g/mol. The van der Waals surface area contributed by atoms with Gasteiger partial charge in [-0.05, 0) is 92.2 Å². The van der Waals surface area contributed by atoms with Gasteiger partial charge in [-0.3, -0.25) is 14.5 Å². The molecule has 0 N–H and O–H groups in total. The Kier molecular flexibility index (Phi) is 7.29. The van der Waals surface area contributed by atoms with Gasteiger partial charge in [0, 0.05) is 3.57 Å². The van der Waals surface area contributed by atoms with Crippen LogP contribution in [0, 0.1) is 3.57 Å². The number of nitrogens with zero attached hydrogens (tertiary/aromatic N) is 1. The maximum Gasteiger partial charge on any atom is 0.293 e. The van der Waals surface area contributed by atoms with Gasteiger partial charge in [-0.2, -0.15) is 0 Å². The van der Waals surface area contributed by atoms with Crippen molar-refractivity contribution < 1.29 is 19.1 Å². The van der Waals surface area contributed by atoms with E-state index in [1.807, 2.05) is 84.9 Å². The van der Waals surface area contributed by atoms with Crippen LogP contribution in [0.4, 0.5) is 4.79 Å². The van der Waals surface area contributed by atoms with Crippen LogP contribution in [0.15, 0.2) is 89.8 Å². The van der Waals surface area contributed by atoms with Gasteiger partial charge < -0.3 is 9.47 Å². The van der Waals surface area contributed by atoms with Crippen LogP contribution in [0.3, 0.4) is 0 Å². The van der Waals surface area contributed by atoms with Crippen molar-refractivity contribution in [2.24, 2.45) is 0 Å². The number of benzene rings is 4. The Bertz CT molecular complexity index is 1480. The van der Waals surface area contributed by atoms with Gasteiger partial charge >= 0.3 is 0 Å². The Labute approximate surface area is 227 Å². The van der Waals surface area contributed by atoms with Gasteiger partial charge in [-0.25, -0.2) is 0 Å². The number of carbonyl (C=O) groups is 2. The highest BCUT2D eigenvalue weighted by atomic mass is 127. The highest BCUT2D eigenvalue weighted by Gasteiger charge is 2.35. The van der Waals surface area contributed by atoms with Crippen LogP contribution in [-0.2, 0) is 17.9 Å². The van der Waals surface area contributed by atoms with Crippen molar-refractivity contribution in [3.05, 3.63) is 110 Å². The summed E-state index contributed by atoms with van der Waals surface area (Å²) < 4.78 is 12.6. The van der Waals surface area contributed by atoms with Crippen LogP contribution < -0.4 is 9.47 Å². The lowest BCUT2D eigenvalue weighted by atomic mass is 10.0. The van der Waals surface area contributed by atoms with E-state index in [0.717, 1.165) is 39.2 Å². The monoisotopic (exact) mass is 607 g/mol. The molecule has 36 heavy (non-hydrogen) atoms. The average Bonchev–Trinajstić information content (AvgIpc) is 3.16. The van der Waals surface area contributed by atoms with E-state index in [1.54, 1.807) is 13.2 Å². The molecule has 0 aromatic heterocycles. The van der Waals surface area contributed by atoms with E-state index in [1.165, 1.54) is 8.47 Å². The second-order valence-electron chi connectivity index (χ2n) is 8.23. The zero-order valence-corrected chi connectivity index (χ0v) is 22.4. The lowest BCUT2D eigenvalue weighted by molar-refractivity contribution is -0.123. The molecule has 1 aliphatic rings. The zero-order valence-electron chi connectivity index (χ0n) is 19.4. The van der Waals surface area contributed by atoms with E-state index in [2.05, 4.69) is 22.6 Å². The number of halogens is 1. The molecule has 180 valence electrons. The fourth-order valence-electron chi connectivity index (χ4n) is 4.02. The molecule has 4 aromatic rings. The predicted molar refractivity (Wildman–Crippen MR) is 152 cm³/mol. The second-order valence-corrected chi connectivity index (χ2v) is 10.5. The maximum absolute atomic E-state index is 13.1. The first kappa shape index (κ1) is 24.4. The van der Waals surface area contributed by atoms with Gasteiger partial charge in [0.25, 0.3) is 11.1 Å². The molecule has 0 spiro atoms. The molecule has 5 rings (SSSR count). The lowest BCUT2D eigenvalue weighted by Gasteiger charge is -2.14. The summed E-state index contributed by atoms with van der Waals surface area (Å²) in [5.41, 5.74) is 2.75. The molecule has 0 atom stereocenters. The molecule has 0 saturated carbocycles. The van der Waals surface area contributed by atoms with Crippen LogP contribution in [0.2, 0.25) is 0 Å². The minimum absolute atomic E-state index is 0.234. The van der Waals surface area contributed by atoms with Crippen molar-refractivity contribution in [1.29, 1.82) is 0 Å². The summed E-state index contributed by atoms with van der Waals surface area (Å²) in [6.07, 6.45) is 1.72. The van der Waals surface area contributed by atoms with Gasteiger partial charge in [0.15, 0.2) is 11.5 Å². The molecule has 1 fully saturated rings. The fourth-order valence-corrected chi connectivity index (χ4v) is 5.22. The Balaban J connectivity index is 1.33. The van der Waals surface area contributed by atoms with Crippen LogP contribution >= 0.6 is 34.4 Å². The first-order valence-corrected chi connectivity index (χ1v) is 13.2. The van der Waals surface area contributed by atoms with Gasteiger partial charge in [0.1, 0.15) is 6.61 Å². The highest BCUT2D eigenvalue weighted by molar-refractivity contribution is 14.1. The summed E-state index contributed by atoms with van der Waals surface area (Å²) in [5, 5.41) is 1.84. The summed E-state index contributed by atoms with van der Waals surface area (Å²) in [4.78, 5) is 27.5. The van der Waals surface area contributed by atoms with Crippen molar-refractivity contribution in [3.63, 3.8) is 0 Å². The molecule has 0 unspecified atom stereocenters. The SMILES string of the molecule is COc1cc(/C=C2\SC(=O)N(Cc3cccc4ccccc34)C2=O)ccc1OCc1ccc(I)cc1. The molecular formula is C29H22INO4S. The quantitative estimate of drug-likeness (QED) is 0.164. The number of rotatable bonds is 7. The third-order valence-corrected chi connectivity index (χ3v) is 7.50. The summed E-state index contributed by atoms with van der Waals surface area (Å²) in [6.45, 7) is 0.650. The van der Waals surface area contributed by atoms with E-state index in [-0.39, 0.29) is 17.7 Å². The number of amides is 2. The largest absolute Gasteiger partial charge is 0.493 e. The van der Waals surface area contributed by atoms with Crippen LogP contribution in [-0.4, -0.2) is 23.2 Å². The first-order valence-electron chi connectivity index (χ1n) is 11.3. The first-order chi connectivity index (χ1) is 17.5. The zero-order chi connectivity index (χ0) is 25.1. The van der Waals surface area contributed by atoms with E-state index in [9.17, 15) is 9.59 Å². The molecule has 1 saturated heterocycles. The Morgan fingerprint density at radius 1 is 0.917 bits per heavy atom. The van der Waals surface area contributed by atoms with Crippen molar-refractivity contribution in [2.75, 3.05) is 7.11 Å². The molecule has 1 aliphatic heterocycles. The number of imide groups is 1. The molecule has 0 bridgehead atoms. The number of methoxy groups -OCH3 is 1. The molecule has 1 heterocycles. The van der Waals surface area contributed by atoms with Gasteiger partial charge in [-0.1, -0.05) is 60.7 Å². The fraction of sp³-hybridized carbons (Fsp3) is 0.103. The van der Waals surface area contributed by atoms with Crippen LogP contribution in [0.5, 0.6) is 11.5 Å². The molecule has 7 heteroatoms.